The molecule has 0 aliphatic heterocycles. The maximum Gasteiger partial charge on any atom is 0.256 e. The van der Waals surface area contributed by atoms with Crippen LogP contribution < -0.4 is 10.1 Å². The monoisotopic (exact) mass is 430 g/mol. The molecule has 32 heavy (non-hydrogen) atoms. The number of rotatable bonds is 6. The molecule has 0 atom stereocenters. The smallest absolute Gasteiger partial charge is 0.256 e. The predicted octanol–water partition coefficient (Wildman–Crippen LogP) is 4.13. The average molecular weight is 431 g/mol. The first-order valence-corrected chi connectivity index (χ1v) is 10.3. The van der Waals surface area contributed by atoms with Gasteiger partial charge in [-0.25, -0.2) is 9.97 Å². The normalized spacial score (nSPS) is 11.4. The Morgan fingerprint density at radius 3 is 2.47 bits per heavy atom. The molecule has 1 amide bonds. The SMILES string of the molecule is Cn1ccnc1COc1ccc(C(=O)Nc2cc(C(C)(C)C)nn2-c2ccccn2)cc1. The molecule has 0 spiro atoms. The summed E-state index contributed by atoms with van der Waals surface area (Å²) in [5.41, 5.74) is 1.20. The maximum absolute atomic E-state index is 12.9. The molecule has 0 fully saturated rings. The van der Waals surface area contributed by atoms with Crippen LogP contribution in [0.4, 0.5) is 5.82 Å². The van der Waals surface area contributed by atoms with Gasteiger partial charge in [0.2, 0.25) is 0 Å². The number of anilines is 1. The Hall–Kier alpha value is -3.94. The summed E-state index contributed by atoms with van der Waals surface area (Å²) in [5.74, 6) is 2.45. The zero-order chi connectivity index (χ0) is 22.7. The molecular formula is C24H26N6O2. The lowest BCUT2D eigenvalue weighted by Crippen LogP contribution is -2.15. The van der Waals surface area contributed by atoms with Crippen molar-refractivity contribution in [2.75, 3.05) is 5.32 Å². The molecule has 0 saturated carbocycles. The molecule has 8 nitrogen and oxygen atoms in total. The Kier molecular flexibility index (Phi) is 5.77. The number of nitrogens with one attached hydrogen (secondary N) is 1. The largest absolute Gasteiger partial charge is 0.486 e. The van der Waals surface area contributed by atoms with Gasteiger partial charge in [0, 0.05) is 42.7 Å². The summed E-state index contributed by atoms with van der Waals surface area (Å²) in [5, 5.41) is 7.65. The van der Waals surface area contributed by atoms with Gasteiger partial charge in [-0.2, -0.15) is 9.78 Å². The average Bonchev–Trinajstić information content (AvgIpc) is 3.39. The maximum atomic E-state index is 12.9. The lowest BCUT2D eigenvalue weighted by atomic mass is 9.92. The fourth-order valence-electron chi connectivity index (χ4n) is 3.06. The quantitative estimate of drug-likeness (QED) is 0.497. The second kappa shape index (κ2) is 8.66. The Bertz CT molecular complexity index is 1200. The lowest BCUT2D eigenvalue weighted by Gasteiger charge is -2.13. The summed E-state index contributed by atoms with van der Waals surface area (Å²) in [7, 11) is 1.92. The minimum absolute atomic E-state index is 0.175. The molecule has 0 aliphatic rings. The van der Waals surface area contributed by atoms with Crippen LogP contribution in [0.1, 0.15) is 42.6 Å². The number of nitrogens with zero attached hydrogens (tertiary/aromatic N) is 5. The number of aryl methyl sites for hydroxylation is 1. The first kappa shape index (κ1) is 21.3. The molecule has 4 rings (SSSR count). The van der Waals surface area contributed by atoms with Crippen molar-refractivity contribution in [3.8, 4) is 11.6 Å². The van der Waals surface area contributed by atoms with Gasteiger partial charge in [0.25, 0.3) is 5.91 Å². The Labute approximate surface area is 186 Å². The number of carbonyl (C=O) groups is 1. The summed E-state index contributed by atoms with van der Waals surface area (Å²) in [6.07, 6.45) is 5.29. The summed E-state index contributed by atoms with van der Waals surface area (Å²) < 4.78 is 9.32. The molecule has 4 aromatic rings. The van der Waals surface area contributed by atoms with E-state index >= 15 is 0 Å². The van der Waals surface area contributed by atoms with Gasteiger partial charge in [-0.3, -0.25) is 4.79 Å². The fourth-order valence-corrected chi connectivity index (χ4v) is 3.06. The van der Waals surface area contributed by atoms with Crippen LogP contribution in [-0.2, 0) is 19.1 Å². The molecule has 3 heterocycles. The van der Waals surface area contributed by atoms with Gasteiger partial charge in [-0.15, -0.1) is 0 Å². The number of aromatic nitrogens is 5. The highest BCUT2D eigenvalue weighted by molar-refractivity contribution is 6.04. The van der Waals surface area contributed by atoms with Crippen molar-refractivity contribution in [3.05, 3.63) is 84.2 Å². The number of hydrogen-bond donors (Lipinski definition) is 1. The van der Waals surface area contributed by atoms with Crippen molar-refractivity contribution in [2.24, 2.45) is 7.05 Å². The molecule has 3 aromatic heterocycles. The van der Waals surface area contributed by atoms with E-state index in [1.54, 1.807) is 41.3 Å². The molecule has 1 aromatic carbocycles. The van der Waals surface area contributed by atoms with E-state index in [9.17, 15) is 4.79 Å². The zero-order valence-corrected chi connectivity index (χ0v) is 18.6. The first-order chi connectivity index (χ1) is 15.3. The third-order valence-electron chi connectivity index (χ3n) is 4.99. The van der Waals surface area contributed by atoms with Crippen LogP contribution >= 0.6 is 0 Å². The minimum atomic E-state index is -0.238. The van der Waals surface area contributed by atoms with Gasteiger partial charge in [-0.1, -0.05) is 26.8 Å². The van der Waals surface area contributed by atoms with Gasteiger partial charge >= 0.3 is 0 Å². The second-order valence-corrected chi connectivity index (χ2v) is 8.49. The van der Waals surface area contributed by atoms with Crippen molar-refractivity contribution < 1.29 is 9.53 Å². The van der Waals surface area contributed by atoms with Gasteiger partial charge in [0.05, 0.1) is 5.69 Å². The van der Waals surface area contributed by atoms with Crippen molar-refractivity contribution in [1.82, 2.24) is 24.3 Å². The van der Waals surface area contributed by atoms with E-state index in [0.717, 1.165) is 11.5 Å². The standard InChI is InChI=1S/C24H26N6O2/c1-24(2,3)19-15-21(30(28-19)20-7-5-6-12-25-20)27-23(31)17-8-10-18(11-9-17)32-16-22-26-13-14-29(22)4/h5-15H,16H2,1-4H3,(H,27,31). The first-order valence-electron chi connectivity index (χ1n) is 10.3. The Morgan fingerprint density at radius 2 is 1.84 bits per heavy atom. The van der Waals surface area contributed by atoms with Gasteiger partial charge < -0.3 is 14.6 Å². The molecule has 164 valence electrons. The zero-order valence-electron chi connectivity index (χ0n) is 18.6. The Morgan fingerprint density at radius 1 is 1.06 bits per heavy atom. The minimum Gasteiger partial charge on any atom is -0.486 e. The molecule has 0 bridgehead atoms. The molecule has 8 heteroatoms. The highest BCUT2D eigenvalue weighted by Gasteiger charge is 2.22. The van der Waals surface area contributed by atoms with Crippen LogP contribution in [0.3, 0.4) is 0 Å². The summed E-state index contributed by atoms with van der Waals surface area (Å²) in [6, 6.07) is 14.5. The molecule has 0 unspecified atom stereocenters. The number of amides is 1. The summed E-state index contributed by atoms with van der Waals surface area (Å²) >= 11 is 0. The van der Waals surface area contributed by atoms with Crippen molar-refractivity contribution >= 4 is 11.7 Å². The van der Waals surface area contributed by atoms with Crippen LogP contribution in [0.15, 0.2) is 67.1 Å². The number of hydrogen-bond acceptors (Lipinski definition) is 5. The van der Waals surface area contributed by atoms with E-state index in [2.05, 4.69) is 41.2 Å². The van der Waals surface area contributed by atoms with E-state index in [1.165, 1.54) is 0 Å². The van der Waals surface area contributed by atoms with Crippen molar-refractivity contribution in [3.63, 3.8) is 0 Å². The third-order valence-corrected chi connectivity index (χ3v) is 4.99. The Balaban J connectivity index is 1.51. The predicted molar refractivity (Wildman–Crippen MR) is 122 cm³/mol. The number of carbonyl (C=O) groups excluding carboxylic acids is 1. The van der Waals surface area contributed by atoms with Crippen LogP contribution in [0.5, 0.6) is 5.75 Å². The van der Waals surface area contributed by atoms with Gasteiger partial charge in [-0.05, 0) is 36.4 Å². The van der Waals surface area contributed by atoms with Crippen LogP contribution in [0.2, 0.25) is 0 Å². The topological polar surface area (TPSA) is 86.9 Å². The van der Waals surface area contributed by atoms with Gasteiger partial charge in [0.1, 0.15) is 24.0 Å². The highest BCUT2D eigenvalue weighted by atomic mass is 16.5. The van der Waals surface area contributed by atoms with Crippen LogP contribution in [0, 0.1) is 0 Å². The molecular weight excluding hydrogens is 404 g/mol. The van der Waals surface area contributed by atoms with Crippen molar-refractivity contribution in [1.29, 1.82) is 0 Å². The third kappa shape index (κ3) is 4.69. The lowest BCUT2D eigenvalue weighted by molar-refractivity contribution is 0.102. The summed E-state index contributed by atoms with van der Waals surface area (Å²) in [6.45, 7) is 6.59. The molecule has 0 radical (unpaired) electrons. The van der Waals surface area contributed by atoms with E-state index < -0.39 is 0 Å². The molecule has 1 N–H and O–H groups in total. The van der Waals surface area contributed by atoms with E-state index in [-0.39, 0.29) is 11.3 Å². The van der Waals surface area contributed by atoms with Crippen LogP contribution in [-0.4, -0.2) is 30.2 Å². The fraction of sp³-hybridized carbons (Fsp3) is 0.250. The van der Waals surface area contributed by atoms with Crippen LogP contribution in [0.25, 0.3) is 5.82 Å². The summed E-state index contributed by atoms with van der Waals surface area (Å²) in [4.78, 5) is 21.5. The van der Waals surface area contributed by atoms with Crippen molar-refractivity contribution in [2.45, 2.75) is 32.8 Å². The second-order valence-electron chi connectivity index (χ2n) is 8.49. The number of imidazole rings is 1. The number of ether oxygens (including phenoxy) is 1. The number of pyridine rings is 1. The molecule has 0 saturated heterocycles. The van der Waals surface area contributed by atoms with Gasteiger partial charge in [0.15, 0.2) is 5.82 Å². The molecule has 0 aliphatic carbocycles. The highest BCUT2D eigenvalue weighted by Crippen LogP contribution is 2.26. The van der Waals surface area contributed by atoms with E-state index in [0.29, 0.717) is 29.6 Å². The van der Waals surface area contributed by atoms with E-state index in [4.69, 9.17) is 4.74 Å². The van der Waals surface area contributed by atoms with E-state index in [1.807, 2.05) is 42.1 Å². The number of benzene rings is 1.